The van der Waals surface area contributed by atoms with E-state index in [0.29, 0.717) is 24.4 Å². The summed E-state index contributed by atoms with van der Waals surface area (Å²) in [6.07, 6.45) is 3.54. The summed E-state index contributed by atoms with van der Waals surface area (Å²) in [5.74, 6) is 2.70. The van der Waals surface area contributed by atoms with Crippen LogP contribution < -0.4 is 4.74 Å². The standard InChI is InChI=1S/C15H22O2/c1-11-9-13(3-4-14(11)10-16)12-5-7-15(17-2)8-6-12/h5-8,11,13-14,16H,3-4,9-10H2,1-2H3/t11-,13-,14+/m1/s1. The van der Waals surface area contributed by atoms with E-state index in [4.69, 9.17) is 4.74 Å². The van der Waals surface area contributed by atoms with Crippen molar-refractivity contribution in [1.29, 1.82) is 0 Å². The fourth-order valence-electron chi connectivity index (χ4n) is 2.91. The van der Waals surface area contributed by atoms with Gasteiger partial charge in [0, 0.05) is 6.61 Å². The third-order valence-corrected chi connectivity index (χ3v) is 4.17. The van der Waals surface area contributed by atoms with E-state index in [1.807, 2.05) is 12.1 Å². The Bertz CT molecular complexity index is 344. The zero-order chi connectivity index (χ0) is 12.3. The van der Waals surface area contributed by atoms with Crippen molar-refractivity contribution in [2.45, 2.75) is 32.1 Å². The highest BCUT2D eigenvalue weighted by Crippen LogP contribution is 2.39. The highest BCUT2D eigenvalue weighted by atomic mass is 16.5. The first-order chi connectivity index (χ1) is 8.24. The van der Waals surface area contributed by atoms with Crippen LogP contribution in [0.1, 0.15) is 37.7 Å². The van der Waals surface area contributed by atoms with Crippen LogP contribution in [0, 0.1) is 11.8 Å². The molecule has 17 heavy (non-hydrogen) atoms. The Morgan fingerprint density at radius 1 is 1.24 bits per heavy atom. The molecule has 1 aromatic carbocycles. The summed E-state index contributed by atoms with van der Waals surface area (Å²) in [7, 11) is 1.70. The number of benzene rings is 1. The van der Waals surface area contributed by atoms with Gasteiger partial charge in [0.15, 0.2) is 0 Å². The molecular formula is C15H22O2. The predicted octanol–water partition coefficient (Wildman–Crippen LogP) is 3.21. The van der Waals surface area contributed by atoms with Crippen molar-refractivity contribution in [2.75, 3.05) is 13.7 Å². The van der Waals surface area contributed by atoms with Crippen LogP contribution in [0.5, 0.6) is 5.75 Å². The lowest BCUT2D eigenvalue weighted by Gasteiger charge is -2.33. The van der Waals surface area contributed by atoms with Gasteiger partial charge in [-0.1, -0.05) is 19.1 Å². The summed E-state index contributed by atoms with van der Waals surface area (Å²) >= 11 is 0. The molecule has 0 aliphatic heterocycles. The number of aliphatic hydroxyl groups is 1. The van der Waals surface area contributed by atoms with Crippen LogP contribution in [0.25, 0.3) is 0 Å². The molecule has 1 N–H and O–H groups in total. The van der Waals surface area contributed by atoms with Gasteiger partial charge in [-0.05, 0) is 54.7 Å². The second-order valence-corrected chi connectivity index (χ2v) is 5.20. The molecule has 0 heterocycles. The van der Waals surface area contributed by atoms with Gasteiger partial charge < -0.3 is 9.84 Å². The SMILES string of the molecule is COc1ccc([C@@H]2CC[C@@H](CO)[C@H](C)C2)cc1. The highest BCUT2D eigenvalue weighted by molar-refractivity contribution is 5.29. The predicted molar refractivity (Wildman–Crippen MR) is 69.3 cm³/mol. The molecule has 3 atom stereocenters. The van der Waals surface area contributed by atoms with Crippen molar-refractivity contribution in [2.24, 2.45) is 11.8 Å². The summed E-state index contributed by atoms with van der Waals surface area (Å²) in [5, 5.41) is 9.27. The van der Waals surface area contributed by atoms with Crippen LogP contribution in [0.2, 0.25) is 0 Å². The fraction of sp³-hybridized carbons (Fsp3) is 0.600. The number of hydrogen-bond acceptors (Lipinski definition) is 2. The first kappa shape index (κ1) is 12.4. The van der Waals surface area contributed by atoms with Crippen LogP contribution in [0.4, 0.5) is 0 Å². The Hall–Kier alpha value is -1.02. The Morgan fingerprint density at radius 2 is 1.94 bits per heavy atom. The van der Waals surface area contributed by atoms with Crippen LogP contribution in [-0.4, -0.2) is 18.8 Å². The van der Waals surface area contributed by atoms with Crippen molar-refractivity contribution in [3.8, 4) is 5.75 Å². The lowest BCUT2D eigenvalue weighted by molar-refractivity contribution is 0.135. The Balaban J connectivity index is 2.03. The fourth-order valence-corrected chi connectivity index (χ4v) is 2.91. The molecule has 0 radical (unpaired) electrons. The number of hydrogen-bond donors (Lipinski definition) is 1. The van der Waals surface area contributed by atoms with E-state index in [-0.39, 0.29) is 0 Å². The van der Waals surface area contributed by atoms with Crippen LogP contribution in [-0.2, 0) is 0 Å². The molecule has 0 aromatic heterocycles. The van der Waals surface area contributed by atoms with Crippen molar-refractivity contribution in [1.82, 2.24) is 0 Å². The van der Waals surface area contributed by atoms with Gasteiger partial charge in [-0.2, -0.15) is 0 Å². The van der Waals surface area contributed by atoms with Gasteiger partial charge in [-0.3, -0.25) is 0 Å². The summed E-state index contributed by atoms with van der Waals surface area (Å²) in [6, 6.07) is 8.43. The van der Waals surface area contributed by atoms with Crippen molar-refractivity contribution < 1.29 is 9.84 Å². The minimum absolute atomic E-state index is 0.344. The van der Waals surface area contributed by atoms with Gasteiger partial charge in [0.25, 0.3) is 0 Å². The molecule has 2 heteroatoms. The van der Waals surface area contributed by atoms with Crippen LogP contribution in [0.15, 0.2) is 24.3 Å². The number of ether oxygens (including phenoxy) is 1. The van der Waals surface area contributed by atoms with Gasteiger partial charge in [-0.25, -0.2) is 0 Å². The lowest BCUT2D eigenvalue weighted by Crippen LogP contribution is -2.24. The molecule has 1 aliphatic rings. The second-order valence-electron chi connectivity index (χ2n) is 5.20. The summed E-state index contributed by atoms with van der Waals surface area (Å²) < 4.78 is 5.18. The van der Waals surface area contributed by atoms with Gasteiger partial charge >= 0.3 is 0 Å². The molecule has 1 aromatic rings. The van der Waals surface area contributed by atoms with Crippen molar-refractivity contribution in [3.05, 3.63) is 29.8 Å². The first-order valence-corrected chi connectivity index (χ1v) is 6.49. The molecule has 1 saturated carbocycles. The van der Waals surface area contributed by atoms with Crippen molar-refractivity contribution >= 4 is 0 Å². The molecule has 2 nitrogen and oxygen atoms in total. The molecular weight excluding hydrogens is 212 g/mol. The Morgan fingerprint density at radius 3 is 2.47 bits per heavy atom. The van der Waals surface area contributed by atoms with Gasteiger partial charge in [0.1, 0.15) is 5.75 Å². The lowest BCUT2D eigenvalue weighted by atomic mass is 9.73. The average Bonchev–Trinajstić information content (AvgIpc) is 2.39. The smallest absolute Gasteiger partial charge is 0.118 e. The number of methoxy groups -OCH3 is 1. The monoisotopic (exact) mass is 234 g/mol. The molecule has 0 spiro atoms. The van der Waals surface area contributed by atoms with E-state index in [9.17, 15) is 5.11 Å². The second kappa shape index (κ2) is 5.54. The Labute approximate surface area is 104 Å². The zero-order valence-electron chi connectivity index (χ0n) is 10.7. The maximum Gasteiger partial charge on any atom is 0.118 e. The topological polar surface area (TPSA) is 29.5 Å². The van der Waals surface area contributed by atoms with Gasteiger partial charge in [0.2, 0.25) is 0 Å². The van der Waals surface area contributed by atoms with Crippen LogP contribution >= 0.6 is 0 Å². The molecule has 1 fully saturated rings. The maximum absolute atomic E-state index is 9.27. The third kappa shape index (κ3) is 2.81. The van der Waals surface area contributed by atoms with E-state index in [0.717, 1.165) is 12.2 Å². The molecule has 0 amide bonds. The van der Waals surface area contributed by atoms with Gasteiger partial charge in [0.05, 0.1) is 7.11 Å². The number of aliphatic hydroxyl groups excluding tert-OH is 1. The van der Waals surface area contributed by atoms with E-state index >= 15 is 0 Å². The zero-order valence-corrected chi connectivity index (χ0v) is 10.7. The van der Waals surface area contributed by atoms with Crippen LogP contribution in [0.3, 0.4) is 0 Å². The van der Waals surface area contributed by atoms with E-state index < -0.39 is 0 Å². The summed E-state index contributed by atoms with van der Waals surface area (Å²) in [6.45, 7) is 2.60. The van der Waals surface area contributed by atoms with Gasteiger partial charge in [-0.15, -0.1) is 0 Å². The third-order valence-electron chi connectivity index (χ3n) is 4.17. The normalized spacial score (nSPS) is 29.0. The minimum Gasteiger partial charge on any atom is -0.497 e. The molecule has 1 aliphatic carbocycles. The minimum atomic E-state index is 0.344. The van der Waals surface area contributed by atoms with E-state index in [1.165, 1.54) is 18.4 Å². The average molecular weight is 234 g/mol. The highest BCUT2D eigenvalue weighted by Gasteiger charge is 2.27. The number of rotatable bonds is 3. The molecule has 0 unspecified atom stereocenters. The Kier molecular flexibility index (Phi) is 4.06. The van der Waals surface area contributed by atoms with E-state index in [1.54, 1.807) is 7.11 Å². The molecule has 94 valence electrons. The van der Waals surface area contributed by atoms with E-state index in [2.05, 4.69) is 19.1 Å². The summed E-state index contributed by atoms with van der Waals surface area (Å²) in [4.78, 5) is 0. The largest absolute Gasteiger partial charge is 0.497 e. The maximum atomic E-state index is 9.27. The van der Waals surface area contributed by atoms with Crippen molar-refractivity contribution in [3.63, 3.8) is 0 Å². The quantitative estimate of drug-likeness (QED) is 0.870. The summed E-state index contributed by atoms with van der Waals surface area (Å²) in [5.41, 5.74) is 1.41. The molecule has 2 rings (SSSR count). The molecule has 0 bridgehead atoms. The molecule has 0 saturated heterocycles. The first-order valence-electron chi connectivity index (χ1n) is 6.49.